The Morgan fingerprint density at radius 2 is 0.897 bits per heavy atom. The Morgan fingerprint density at radius 3 is 1.23 bits per heavy atom. The molecule has 0 saturated heterocycles. The quantitative estimate of drug-likeness (QED) is 0.214. The minimum absolute atomic E-state index is 0.484. The van der Waals surface area contributed by atoms with E-state index < -0.39 is 8.07 Å². The number of benzene rings is 5. The summed E-state index contributed by atoms with van der Waals surface area (Å²) in [5.41, 5.74) is 2.75. The summed E-state index contributed by atoms with van der Waals surface area (Å²) in [7, 11) is 0.0353. The van der Waals surface area contributed by atoms with Gasteiger partial charge in [0.05, 0.1) is 6.33 Å². The minimum Gasteiger partial charge on any atom is -0.339 e. The molecule has 6 aromatic rings. The molecular formula is C35H33BN2Si. The second-order valence-electron chi connectivity index (χ2n) is 9.78. The predicted octanol–water partition coefficient (Wildman–Crippen LogP) is 5.00. The lowest BCUT2D eigenvalue weighted by Gasteiger charge is -2.34. The van der Waals surface area contributed by atoms with E-state index in [-0.39, 0.29) is 0 Å². The zero-order valence-corrected chi connectivity index (χ0v) is 23.3. The molecule has 4 heteroatoms. The first-order chi connectivity index (χ1) is 19.3. The van der Waals surface area contributed by atoms with Gasteiger partial charge in [0, 0.05) is 18.6 Å². The number of aromatic nitrogens is 2. The molecule has 0 aliphatic rings. The largest absolute Gasteiger partial charge is 0.339 e. The third-order valence-corrected chi connectivity index (χ3v) is 12.2. The Labute approximate surface area is 234 Å². The van der Waals surface area contributed by atoms with Crippen LogP contribution < -0.4 is 15.6 Å². The van der Waals surface area contributed by atoms with Crippen molar-refractivity contribution in [2.75, 3.05) is 0 Å². The van der Waals surface area contributed by atoms with Crippen molar-refractivity contribution in [3.63, 3.8) is 0 Å². The van der Waals surface area contributed by atoms with Crippen LogP contribution in [0.25, 0.3) is 0 Å². The molecule has 0 spiro atoms. The van der Waals surface area contributed by atoms with Gasteiger partial charge in [-0.05, 0) is 32.5 Å². The molecule has 0 radical (unpaired) electrons. The molecule has 5 aromatic carbocycles. The summed E-state index contributed by atoms with van der Waals surface area (Å²) in [5.74, 6) is 0.484. The Balaban J connectivity index is 0.000000186. The number of imidazole rings is 1. The second-order valence-corrected chi connectivity index (χ2v) is 13.6. The van der Waals surface area contributed by atoms with Crippen LogP contribution in [0, 0.1) is 0 Å². The zero-order chi connectivity index (χ0) is 26.8. The maximum atomic E-state index is 4.27. The van der Waals surface area contributed by atoms with Gasteiger partial charge in [0.2, 0.25) is 0 Å². The summed E-state index contributed by atoms with van der Waals surface area (Å²) >= 11 is 0. The molecule has 1 aromatic heterocycles. The van der Waals surface area contributed by atoms with E-state index in [9.17, 15) is 0 Å². The number of rotatable bonds is 7. The molecule has 0 saturated carbocycles. The van der Waals surface area contributed by atoms with Crippen molar-refractivity contribution in [1.29, 1.82) is 0 Å². The third kappa shape index (κ3) is 6.19. The Bertz CT molecular complexity index is 1370. The first-order valence-corrected chi connectivity index (χ1v) is 15.7. The SMILES string of the molecule is BC(c1ccccc1)c1ccccc1.c1ccc([Si](Cn2ccnc2)(c2ccccc2)c2ccccc2)cc1. The van der Waals surface area contributed by atoms with Crippen LogP contribution in [0.15, 0.2) is 170 Å². The van der Waals surface area contributed by atoms with Crippen LogP contribution in [0.4, 0.5) is 0 Å². The molecule has 190 valence electrons. The zero-order valence-electron chi connectivity index (χ0n) is 22.3. The minimum atomic E-state index is -2.21. The Kier molecular flexibility index (Phi) is 8.67. The van der Waals surface area contributed by atoms with Crippen LogP contribution in [0.1, 0.15) is 16.9 Å². The van der Waals surface area contributed by atoms with Gasteiger partial charge in [-0.25, -0.2) is 4.98 Å². The van der Waals surface area contributed by atoms with Crippen molar-refractivity contribution in [1.82, 2.24) is 9.55 Å². The average Bonchev–Trinajstić information content (AvgIpc) is 3.55. The molecule has 0 fully saturated rings. The molecular weight excluding hydrogens is 487 g/mol. The predicted molar refractivity (Wildman–Crippen MR) is 169 cm³/mol. The maximum absolute atomic E-state index is 4.27. The van der Waals surface area contributed by atoms with Gasteiger partial charge in [0.1, 0.15) is 7.85 Å². The molecule has 0 N–H and O–H groups in total. The van der Waals surface area contributed by atoms with Gasteiger partial charge >= 0.3 is 0 Å². The van der Waals surface area contributed by atoms with Crippen LogP contribution in [-0.2, 0) is 6.17 Å². The van der Waals surface area contributed by atoms with Gasteiger partial charge in [0.25, 0.3) is 0 Å². The fourth-order valence-electron chi connectivity index (χ4n) is 5.27. The van der Waals surface area contributed by atoms with E-state index in [0.717, 1.165) is 6.17 Å². The normalized spacial score (nSPS) is 11.0. The summed E-state index contributed by atoms with van der Waals surface area (Å²) in [6.45, 7) is 0. The average molecular weight is 521 g/mol. The molecule has 0 aliphatic carbocycles. The number of hydrogen-bond donors (Lipinski definition) is 0. The summed E-state index contributed by atoms with van der Waals surface area (Å²) in [5, 5.41) is 4.25. The smallest absolute Gasteiger partial charge is 0.168 e. The highest BCUT2D eigenvalue weighted by Gasteiger charge is 2.39. The first-order valence-electron chi connectivity index (χ1n) is 13.5. The summed E-state index contributed by atoms with van der Waals surface area (Å²) < 4.78 is 2.22. The van der Waals surface area contributed by atoms with Gasteiger partial charge in [-0.15, -0.1) is 0 Å². The van der Waals surface area contributed by atoms with Crippen molar-refractivity contribution >= 4 is 31.5 Å². The molecule has 0 bridgehead atoms. The van der Waals surface area contributed by atoms with Gasteiger partial charge in [0.15, 0.2) is 8.07 Å². The maximum Gasteiger partial charge on any atom is 0.168 e. The molecule has 39 heavy (non-hydrogen) atoms. The summed E-state index contributed by atoms with van der Waals surface area (Å²) in [6.07, 6.45) is 6.79. The lowest BCUT2D eigenvalue weighted by atomic mass is 9.76. The van der Waals surface area contributed by atoms with Crippen molar-refractivity contribution in [2.24, 2.45) is 0 Å². The molecule has 1 heterocycles. The molecule has 6 rings (SSSR count). The summed E-state index contributed by atoms with van der Waals surface area (Å²) in [6, 6.07) is 54.1. The van der Waals surface area contributed by atoms with E-state index >= 15 is 0 Å². The second kappa shape index (κ2) is 12.9. The lowest BCUT2D eigenvalue weighted by Crippen LogP contribution is -2.69. The molecule has 0 aliphatic heterocycles. The molecule has 0 amide bonds. The van der Waals surface area contributed by atoms with E-state index in [0.29, 0.717) is 5.82 Å². The van der Waals surface area contributed by atoms with Crippen molar-refractivity contribution < 1.29 is 0 Å². The topological polar surface area (TPSA) is 17.8 Å². The molecule has 2 nitrogen and oxygen atoms in total. The fraction of sp³-hybridized carbons (Fsp3) is 0.0571. The van der Waals surface area contributed by atoms with Crippen LogP contribution in [-0.4, -0.2) is 25.5 Å². The third-order valence-electron chi connectivity index (χ3n) is 7.38. The van der Waals surface area contributed by atoms with Crippen LogP contribution in [0.2, 0.25) is 0 Å². The van der Waals surface area contributed by atoms with E-state index in [2.05, 4.69) is 175 Å². The van der Waals surface area contributed by atoms with Gasteiger partial charge in [-0.2, -0.15) is 0 Å². The molecule has 0 atom stereocenters. The lowest BCUT2D eigenvalue weighted by molar-refractivity contribution is 0.862. The van der Waals surface area contributed by atoms with Crippen LogP contribution >= 0.6 is 0 Å². The Morgan fingerprint density at radius 1 is 0.538 bits per heavy atom. The number of nitrogens with zero attached hydrogens (tertiary/aromatic N) is 2. The first kappa shape index (κ1) is 26.2. The monoisotopic (exact) mass is 520 g/mol. The van der Waals surface area contributed by atoms with Crippen LogP contribution in [0.5, 0.6) is 0 Å². The summed E-state index contributed by atoms with van der Waals surface area (Å²) in [4.78, 5) is 4.27. The highest BCUT2D eigenvalue weighted by molar-refractivity contribution is 7.10. The Hall–Kier alpha value is -4.41. The standard InChI is InChI=1S/C22H20N2Si.C13H13B/c1-4-10-20(11-5-1)25(19-24-17-16-23-18-24,21-12-6-2-7-13-21)22-14-8-3-9-15-22;14-13(11-7-3-1-4-8-11)12-9-5-2-6-10-12/h1-18H,19H2;1-10,13H,14H2. The van der Waals surface area contributed by atoms with Crippen molar-refractivity contribution in [3.8, 4) is 0 Å². The van der Waals surface area contributed by atoms with Crippen molar-refractivity contribution in [3.05, 3.63) is 182 Å². The van der Waals surface area contributed by atoms with E-state index in [1.54, 1.807) is 0 Å². The van der Waals surface area contributed by atoms with Gasteiger partial charge in [-0.1, -0.05) is 152 Å². The van der Waals surface area contributed by atoms with E-state index in [4.69, 9.17) is 0 Å². The van der Waals surface area contributed by atoms with E-state index in [1.807, 2.05) is 12.5 Å². The molecule has 0 unspecified atom stereocenters. The highest BCUT2D eigenvalue weighted by Crippen LogP contribution is 2.20. The fourth-order valence-corrected chi connectivity index (χ4v) is 9.84. The van der Waals surface area contributed by atoms with Gasteiger partial charge in [-0.3, -0.25) is 0 Å². The number of hydrogen-bond acceptors (Lipinski definition) is 1. The van der Waals surface area contributed by atoms with Crippen molar-refractivity contribution in [2.45, 2.75) is 12.0 Å². The van der Waals surface area contributed by atoms with E-state index in [1.165, 1.54) is 26.7 Å². The van der Waals surface area contributed by atoms with Crippen LogP contribution in [0.3, 0.4) is 0 Å². The van der Waals surface area contributed by atoms with Gasteiger partial charge < -0.3 is 4.57 Å². The highest BCUT2D eigenvalue weighted by atomic mass is 28.3.